The van der Waals surface area contributed by atoms with Crippen LogP contribution >= 0.6 is 0 Å². The first-order valence-corrected chi connectivity index (χ1v) is 10.4. The summed E-state index contributed by atoms with van der Waals surface area (Å²) in [6.07, 6.45) is 0. The first-order valence-electron chi connectivity index (χ1n) is 10.4. The van der Waals surface area contributed by atoms with Crippen LogP contribution in [0.4, 0.5) is 5.88 Å². The lowest BCUT2D eigenvalue weighted by molar-refractivity contribution is 0.103. The molecule has 0 unspecified atom stereocenters. The van der Waals surface area contributed by atoms with Crippen LogP contribution in [0.1, 0.15) is 41.0 Å². The number of nitrogens with zero attached hydrogens (tertiary/aromatic N) is 2. The zero-order valence-electron chi connectivity index (χ0n) is 18.2. The minimum absolute atomic E-state index is 0.0366. The number of aliphatic hydroxyl groups excluding tert-OH is 2. The summed E-state index contributed by atoms with van der Waals surface area (Å²) < 4.78 is 5.44. The molecule has 168 valence electrons. The molecule has 8 heteroatoms. The van der Waals surface area contributed by atoms with Gasteiger partial charge in [-0.2, -0.15) is 0 Å². The molecule has 2 aromatic carbocycles. The minimum Gasteiger partial charge on any atom is -0.395 e. The number of aliphatic imine (C=N–C) groups is 1. The molecule has 3 rings (SSSR count). The lowest BCUT2D eigenvalue weighted by Gasteiger charge is -2.23. The van der Waals surface area contributed by atoms with Crippen LogP contribution in [0.3, 0.4) is 0 Å². The SMILES string of the molecule is CC(C)(c1cccc(C(=O)c2ccccc2)c1)c1cc(N/C(=N\CCO)NCCO)on1. The fourth-order valence-corrected chi connectivity index (χ4v) is 3.17. The molecule has 0 saturated heterocycles. The predicted molar refractivity (Wildman–Crippen MR) is 123 cm³/mol. The number of aromatic nitrogens is 1. The molecular formula is C24H28N4O4. The Hall–Kier alpha value is -3.49. The van der Waals surface area contributed by atoms with Crippen LogP contribution in [0.25, 0.3) is 0 Å². The number of guanidine groups is 1. The van der Waals surface area contributed by atoms with E-state index in [-0.39, 0.29) is 25.5 Å². The monoisotopic (exact) mass is 436 g/mol. The number of anilines is 1. The third-order valence-electron chi connectivity index (χ3n) is 5.05. The van der Waals surface area contributed by atoms with Crippen molar-refractivity contribution in [2.45, 2.75) is 19.3 Å². The Balaban J connectivity index is 1.81. The van der Waals surface area contributed by atoms with E-state index in [2.05, 4.69) is 20.8 Å². The maximum atomic E-state index is 12.9. The van der Waals surface area contributed by atoms with Crippen LogP contribution in [0.5, 0.6) is 0 Å². The van der Waals surface area contributed by atoms with Crippen LogP contribution in [0, 0.1) is 0 Å². The number of hydrogen-bond donors (Lipinski definition) is 4. The summed E-state index contributed by atoms with van der Waals surface area (Å²) in [5.74, 6) is 0.696. The third-order valence-corrected chi connectivity index (χ3v) is 5.05. The molecule has 0 radical (unpaired) electrons. The van der Waals surface area contributed by atoms with Crippen LogP contribution < -0.4 is 10.6 Å². The number of rotatable bonds is 9. The smallest absolute Gasteiger partial charge is 0.231 e. The standard InChI is InChI=1S/C24H28N4O4/c1-24(2,19-10-6-9-18(15-19)22(31)17-7-4-3-5-8-17)20-16-21(32-28-20)27-23(25-11-13-29)26-12-14-30/h3-10,15-16,29-30H,11-14H2,1-2H3,(H2,25,26,27). The third kappa shape index (κ3) is 5.60. The molecule has 0 fully saturated rings. The lowest BCUT2D eigenvalue weighted by Crippen LogP contribution is -2.33. The quantitative estimate of drug-likeness (QED) is 0.231. The van der Waals surface area contributed by atoms with Gasteiger partial charge in [-0.1, -0.05) is 67.5 Å². The Labute approximate surface area is 187 Å². The summed E-state index contributed by atoms with van der Waals surface area (Å²) >= 11 is 0. The lowest BCUT2D eigenvalue weighted by atomic mass is 9.80. The van der Waals surface area contributed by atoms with Crippen molar-refractivity contribution in [1.29, 1.82) is 0 Å². The molecule has 0 aliphatic heterocycles. The van der Waals surface area contributed by atoms with Crippen molar-refractivity contribution in [2.24, 2.45) is 4.99 Å². The minimum atomic E-state index is -0.530. The van der Waals surface area contributed by atoms with Crippen molar-refractivity contribution in [3.05, 3.63) is 83.0 Å². The van der Waals surface area contributed by atoms with E-state index < -0.39 is 5.41 Å². The zero-order valence-corrected chi connectivity index (χ0v) is 18.2. The van der Waals surface area contributed by atoms with E-state index in [0.29, 0.717) is 35.2 Å². The number of ketones is 1. The topological polar surface area (TPSA) is 120 Å². The number of nitrogens with one attached hydrogen (secondary N) is 2. The molecule has 0 saturated carbocycles. The van der Waals surface area contributed by atoms with E-state index >= 15 is 0 Å². The largest absolute Gasteiger partial charge is 0.395 e. The number of hydrogen-bond acceptors (Lipinski definition) is 6. The number of benzene rings is 2. The fraction of sp³-hybridized carbons (Fsp3) is 0.292. The first-order chi connectivity index (χ1) is 15.5. The number of aliphatic hydroxyl groups is 2. The van der Waals surface area contributed by atoms with Crippen molar-refractivity contribution in [3.63, 3.8) is 0 Å². The highest BCUT2D eigenvalue weighted by molar-refractivity contribution is 6.09. The average molecular weight is 437 g/mol. The van der Waals surface area contributed by atoms with Crippen LogP contribution in [-0.2, 0) is 5.41 Å². The number of carbonyl (C=O) groups is 1. The van der Waals surface area contributed by atoms with Gasteiger partial charge < -0.3 is 20.1 Å². The van der Waals surface area contributed by atoms with Gasteiger partial charge in [0.1, 0.15) is 0 Å². The van der Waals surface area contributed by atoms with Gasteiger partial charge in [0.15, 0.2) is 11.7 Å². The molecule has 0 atom stereocenters. The van der Waals surface area contributed by atoms with Crippen molar-refractivity contribution in [3.8, 4) is 0 Å². The Morgan fingerprint density at radius 2 is 1.78 bits per heavy atom. The zero-order chi connectivity index (χ0) is 23.0. The maximum Gasteiger partial charge on any atom is 0.231 e. The molecule has 1 aromatic heterocycles. The second-order valence-corrected chi connectivity index (χ2v) is 7.71. The van der Waals surface area contributed by atoms with Gasteiger partial charge in [-0.05, 0) is 11.6 Å². The average Bonchev–Trinajstić information content (AvgIpc) is 3.30. The number of carbonyl (C=O) groups excluding carboxylic acids is 1. The van der Waals surface area contributed by atoms with E-state index in [1.165, 1.54) is 0 Å². The Kier molecular flexibility index (Phi) is 7.75. The second kappa shape index (κ2) is 10.7. The summed E-state index contributed by atoms with van der Waals surface area (Å²) in [7, 11) is 0. The highest BCUT2D eigenvalue weighted by Crippen LogP contribution is 2.32. The Bertz CT molecular complexity index is 1060. The van der Waals surface area contributed by atoms with Gasteiger partial charge in [0.25, 0.3) is 0 Å². The molecular weight excluding hydrogens is 408 g/mol. The highest BCUT2D eigenvalue weighted by Gasteiger charge is 2.28. The first kappa shape index (κ1) is 23.2. The molecule has 0 aliphatic rings. The van der Waals surface area contributed by atoms with Crippen LogP contribution in [0.15, 0.2) is 70.2 Å². The molecule has 0 spiro atoms. The molecule has 3 aromatic rings. The van der Waals surface area contributed by atoms with Crippen LogP contribution in [0.2, 0.25) is 0 Å². The van der Waals surface area contributed by atoms with E-state index in [9.17, 15) is 4.79 Å². The van der Waals surface area contributed by atoms with Gasteiger partial charge in [0.05, 0.1) is 25.5 Å². The van der Waals surface area contributed by atoms with Gasteiger partial charge >= 0.3 is 0 Å². The maximum absolute atomic E-state index is 12.9. The molecule has 0 aliphatic carbocycles. The molecule has 4 N–H and O–H groups in total. The van der Waals surface area contributed by atoms with Gasteiger partial charge in [-0.15, -0.1) is 0 Å². The summed E-state index contributed by atoms with van der Waals surface area (Å²) in [5, 5.41) is 28.1. The second-order valence-electron chi connectivity index (χ2n) is 7.71. The Morgan fingerprint density at radius 3 is 2.50 bits per heavy atom. The fourth-order valence-electron chi connectivity index (χ4n) is 3.17. The van der Waals surface area contributed by atoms with Crippen molar-refractivity contribution in [1.82, 2.24) is 10.5 Å². The van der Waals surface area contributed by atoms with E-state index in [0.717, 1.165) is 5.56 Å². The Morgan fingerprint density at radius 1 is 1.03 bits per heavy atom. The summed E-state index contributed by atoms with van der Waals surface area (Å²) in [5.41, 5.74) is 2.31. The van der Waals surface area contributed by atoms with Crippen molar-refractivity contribution < 1.29 is 19.5 Å². The van der Waals surface area contributed by atoms with Gasteiger partial charge in [-0.25, -0.2) is 0 Å². The molecule has 8 nitrogen and oxygen atoms in total. The van der Waals surface area contributed by atoms with E-state index in [1.54, 1.807) is 24.3 Å². The van der Waals surface area contributed by atoms with Crippen molar-refractivity contribution in [2.75, 3.05) is 31.6 Å². The molecule has 1 heterocycles. The van der Waals surface area contributed by atoms with Gasteiger partial charge in [0.2, 0.25) is 5.88 Å². The van der Waals surface area contributed by atoms with E-state index in [1.807, 2.05) is 50.2 Å². The molecule has 0 bridgehead atoms. The normalized spacial score (nSPS) is 11.9. The summed E-state index contributed by atoms with van der Waals surface area (Å²) in [6, 6.07) is 18.5. The van der Waals surface area contributed by atoms with Gasteiger partial charge in [-0.3, -0.25) is 15.1 Å². The summed E-state index contributed by atoms with van der Waals surface area (Å²) in [4.78, 5) is 17.0. The predicted octanol–water partition coefficient (Wildman–Crippen LogP) is 2.57. The summed E-state index contributed by atoms with van der Waals surface area (Å²) in [6.45, 7) is 4.35. The molecule has 32 heavy (non-hydrogen) atoms. The molecule has 0 amide bonds. The van der Waals surface area contributed by atoms with E-state index in [4.69, 9.17) is 14.7 Å². The van der Waals surface area contributed by atoms with Gasteiger partial charge in [0, 0.05) is 29.2 Å². The van der Waals surface area contributed by atoms with Crippen molar-refractivity contribution >= 4 is 17.6 Å². The van der Waals surface area contributed by atoms with Crippen LogP contribution in [-0.4, -0.2) is 53.4 Å². The highest BCUT2D eigenvalue weighted by atomic mass is 16.5.